The van der Waals surface area contributed by atoms with E-state index in [9.17, 15) is 9.59 Å². The van der Waals surface area contributed by atoms with Crippen molar-refractivity contribution in [1.29, 1.82) is 0 Å². The van der Waals surface area contributed by atoms with Crippen molar-refractivity contribution in [3.8, 4) is 0 Å². The first kappa shape index (κ1) is 12.0. The third-order valence-corrected chi connectivity index (χ3v) is 1.25. The highest BCUT2D eigenvalue weighted by molar-refractivity contribution is 5.87. The maximum absolute atomic E-state index is 10.4. The number of aliphatic carboxylic acids is 2. The Hall–Kier alpha value is -1.98. The van der Waals surface area contributed by atoms with E-state index in [0.29, 0.717) is 0 Å². The lowest BCUT2D eigenvalue weighted by atomic mass is 10.3. The monoisotopic (exact) mass is 202 g/mol. The molecular formula is C8H10O6. The molecule has 0 unspecified atom stereocenters. The fourth-order valence-corrected chi connectivity index (χ4v) is 0.605. The number of hydrogen-bond acceptors (Lipinski definition) is 4. The number of carbonyl (C=O) groups is 2. The maximum atomic E-state index is 10.4. The van der Waals surface area contributed by atoms with Gasteiger partial charge in [-0.3, -0.25) is 0 Å². The summed E-state index contributed by atoms with van der Waals surface area (Å²) in [5.74, 6) is -3.32. The topological polar surface area (TPSA) is 93.1 Å². The van der Waals surface area contributed by atoms with Crippen molar-refractivity contribution in [2.75, 3.05) is 14.2 Å². The van der Waals surface area contributed by atoms with Gasteiger partial charge in [0.2, 0.25) is 11.5 Å². The first-order valence-corrected chi connectivity index (χ1v) is 3.49. The zero-order valence-electron chi connectivity index (χ0n) is 7.68. The average molecular weight is 202 g/mol. The molecule has 0 rings (SSSR count). The molecule has 0 aromatic carbocycles. The van der Waals surface area contributed by atoms with Crippen molar-refractivity contribution < 1.29 is 29.3 Å². The van der Waals surface area contributed by atoms with Crippen LogP contribution >= 0.6 is 0 Å². The summed E-state index contributed by atoms with van der Waals surface area (Å²) >= 11 is 0. The molecule has 0 saturated carbocycles. The Morgan fingerprint density at radius 3 is 1.36 bits per heavy atom. The van der Waals surface area contributed by atoms with Crippen molar-refractivity contribution in [2.45, 2.75) is 0 Å². The second-order valence-corrected chi connectivity index (χ2v) is 2.08. The minimum absolute atomic E-state index is 0.374. The average Bonchev–Trinajstić information content (AvgIpc) is 2.11. The third-order valence-electron chi connectivity index (χ3n) is 1.25. The fraction of sp³-hybridized carbons (Fsp3) is 0.250. The highest BCUT2D eigenvalue weighted by Crippen LogP contribution is 2.00. The van der Waals surface area contributed by atoms with Gasteiger partial charge < -0.3 is 19.7 Å². The number of hydrogen-bond donors (Lipinski definition) is 2. The predicted octanol–water partition coefficient (Wildman–Crippen LogP) is 0.216. The highest BCUT2D eigenvalue weighted by atomic mass is 16.5. The molecule has 0 spiro atoms. The van der Waals surface area contributed by atoms with E-state index in [-0.39, 0.29) is 11.5 Å². The summed E-state index contributed by atoms with van der Waals surface area (Å²) < 4.78 is 8.91. The molecule has 0 aliphatic carbocycles. The smallest absolute Gasteiger partial charge is 0.371 e. The molecule has 0 aromatic rings. The van der Waals surface area contributed by atoms with Crippen LogP contribution in [0.5, 0.6) is 0 Å². The summed E-state index contributed by atoms with van der Waals surface area (Å²) in [5.41, 5.74) is 0. The van der Waals surface area contributed by atoms with Gasteiger partial charge in [0.05, 0.1) is 14.2 Å². The molecule has 2 N–H and O–H groups in total. The van der Waals surface area contributed by atoms with Crippen molar-refractivity contribution in [2.24, 2.45) is 0 Å². The Labute approximate surface area is 80.1 Å². The molecule has 0 bridgehead atoms. The molecule has 0 saturated heterocycles. The van der Waals surface area contributed by atoms with Crippen molar-refractivity contribution in [3.63, 3.8) is 0 Å². The zero-order chi connectivity index (χ0) is 11.1. The Balaban J connectivity index is 4.79. The number of allylic oxidation sites excluding steroid dienone is 2. The SMILES string of the molecule is CO/C(=C\C=C(\OC)C(=O)O)C(=O)O. The Morgan fingerprint density at radius 1 is 0.929 bits per heavy atom. The molecular weight excluding hydrogens is 192 g/mol. The van der Waals surface area contributed by atoms with Crippen molar-refractivity contribution >= 4 is 11.9 Å². The second-order valence-electron chi connectivity index (χ2n) is 2.08. The van der Waals surface area contributed by atoms with Crippen LogP contribution in [0.3, 0.4) is 0 Å². The van der Waals surface area contributed by atoms with E-state index < -0.39 is 11.9 Å². The van der Waals surface area contributed by atoms with E-state index in [1.165, 1.54) is 14.2 Å². The number of carboxylic acids is 2. The van der Waals surface area contributed by atoms with Crippen LogP contribution in [0.25, 0.3) is 0 Å². The Bertz CT molecular complexity index is 258. The van der Waals surface area contributed by atoms with E-state index in [2.05, 4.69) is 9.47 Å². The summed E-state index contributed by atoms with van der Waals surface area (Å²) in [6.45, 7) is 0. The van der Waals surface area contributed by atoms with E-state index in [1.54, 1.807) is 0 Å². The highest BCUT2D eigenvalue weighted by Gasteiger charge is 2.08. The number of methoxy groups -OCH3 is 2. The van der Waals surface area contributed by atoms with Gasteiger partial charge in [-0.25, -0.2) is 9.59 Å². The van der Waals surface area contributed by atoms with E-state index >= 15 is 0 Å². The molecule has 0 aliphatic heterocycles. The largest absolute Gasteiger partial charge is 0.490 e. The maximum Gasteiger partial charge on any atom is 0.371 e. The molecule has 14 heavy (non-hydrogen) atoms. The van der Waals surface area contributed by atoms with Crippen molar-refractivity contribution in [3.05, 3.63) is 23.7 Å². The first-order valence-electron chi connectivity index (χ1n) is 3.49. The van der Waals surface area contributed by atoms with Gasteiger partial charge in [-0.2, -0.15) is 0 Å². The minimum Gasteiger partial charge on any atom is -0.490 e. The fourth-order valence-electron chi connectivity index (χ4n) is 0.605. The molecule has 78 valence electrons. The Kier molecular flexibility index (Phi) is 4.83. The Morgan fingerprint density at radius 2 is 1.21 bits per heavy atom. The van der Waals surface area contributed by atoms with Gasteiger partial charge >= 0.3 is 11.9 Å². The number of ether oxygens (including phenoxy) is 2. The second kappa shape index (κ2) is 5.63. The van der Waals surface area contributed by atoms with Crippen LogP contribution in [-0.2, 0) is 19.1 Å². The van der Waals surface area contributed by atoms with Crippen LogP contribution < -0.4 is 0 Å². The van der Waals surface area contributed by atoms with E-state index in [0.717, 1.165) is 12.2 Å². The van der Waals surface area contributed by atoms with Crippen LogP contribution in [0.1, 0.15) is 0 Å². The van der Waals surface area contributed by atoms with Crippen LogP contribution in [0.4, 0.5) is 0 Å². The summed E-state index contributed by atoms with van der Waals surface area (Å²) in [5, 5.41) is 17.0. The lowest BCUT2D eigenvalue weighted by Gasteiger charge is -1.99. The quantitative estimate of drug-likeness (QED) is 0.376. The molecule has 6 heteroatoms. The number of rotatable bonds is 5. The van der Waals surface area contributed by atoms with Gasteiger partial charge in [0.15, 0.2) is 0 Å². The zero-order valence-corrected chi connectivity index (χ0v) is 7.68. The lowest BCUT2D eigenvalue weighted by molar-refractivity contribution is -0.137. The number of carboxylic acid groups (broad SMARTS) is 2. The predicted molar refractivity (Wildman–Crippen MR) is 45.5 cm³/mol. The molecule has 0 atom stereocenters. The first-order chi connectivity index (χ1) is 6.52. The standard InChI is InChI=1S/C8H10O6/c1-13-5(7(9)10)3-4-6(14-2)8(11)12/h3-4H,1-2H3,(H,9,10)(H,11,12)/b5-3-,6-4+. The molecule has 0 fully saturated rings. The minimum atomic E-state index is -1.29. The van der Waals surface area contributed by atoms with Crippen LogP contribution in [0, 0.1) is 0 Å². The van der Waals surface area contributed by atoms with Gasteiger partial charge in [-0.1, -0.05) is 0 Å². The van der Waals surface area contributed by atoms with E-state index in [4.69, 9.17) is 10.2 Å². The molecule has 6 nitrogen and oxygen atoms in total. The summed E-state index contributed by atoms with van der Waals surface area (Å²) in [6.07, 6.45) is 1.99. The van der Waals surface area contributed by atoms with Gasteiger partial charge in [0, 0.05) is 0 Å². The lowest BCUT2D eigenvalue weighted by Crippen LogP contribution is -2.04. The molecule has 0 heterocycles. The molecule has 0 amide bonds. The normalized spacial score (nSPS) is 12.1. The van der Waals surface area contributed by atoms with Crippen LogP contribution in [0.15, 0.2) is 23.7 Å². The molecule has 0 aliphatic rings. The van der Waals surface area contributed by atoms with Gasteiger partial charge in [0.25, 0.3) is 0 Å². The van der Waals surface area contributed by atoms with Crippen LogP contribution in [0.2, 0.25) is 0 Å². The summed E-state index contributed by atoms with van der Waals surface area (Å²) in [7, 11) is 2.34. The van der Waals surface area contributed by atoms with Gasteiger partial charge in [-0.05, 0) is 12.2 Å². The van der Waals surface area contributed by atoms with Crippen LogP contribution in [-0.4, -0.2) is 36.4 Å². The van der Waals surface area contributed by atoms with Crippen molar-refractivity contribution in [1.82, 2.24) is 0 Å². The third kappa shape index (κ3) is 3.61. The molecule has 0 aromatic heterocycles. The summed E-state index contributed by atoms with van der Waals surface area (Å²) in [4.78, 5) is 20.8. The van der Waals surface area contributed by atoms with Gasteiger partial charge in [-0.15, -0.1) is 0 Å². The van der Waals surface area contributed by atoms with E-state index in [1.807, 2.05) is 0 Å². The summed E-state index contributed by atoms with van der Waals surface area (Å²) in [6, 6.07) is 0. The van der Waals surface area contributed by atoms with Gasteiger partial charge in [0.1, 0.15) is 0 Å². The molecule has 0 radical (unpaired) electrons.